The van der Waals surface area contributed by atoms with Crippen molar-refractivity contribution < 1.29 is 10.2 Å². The van der Waals surface area contributed by atoms with Gasteiger partial charge >= 0.3 is 0 Å². The summed E-state index contributed by atoms with van der Waals surface area (Å²) in [6.45, 7) is 8.27. The highest BCUT2D eigenvalue weighted by molar-refractivity contribution is 4.75. The summed E-state index contributed by atoms with van der Waals surface area (Å²) in [6, 6.07) is 0. The van der Waals surface area contributed by atoms with E-state index in [1.54, 1.807) is 0 Å². The van der Waals surface area contributed by atoms with Crippen LogP contribution in [0.15, 0.2) is 0 Å². The monoisotopic (exact) mass is 175 g/mol. The quantitative estimate of drug-likeness (QED) is 0.638. The summed E-state index contributed by atoms with van der Waals surface area (Å²) in [5.41, 5.74) is 0.0813. The molecule has 0 saturated heterocycles. The fourth-order valence-corrected chi connectivity index (χ4v) is 1.16. The third kappa shape index (κ3) is 4.70. The average Bonchev–Trinajstić information content (AvgIpc) is 1.95. The highest BCUT2D eigenvalue weighted by Crippen LogP contribution is 2.12. The van der Waals surface area contributed by atoms with Crippen LogP contribution in [0.25, 0.3) is 0 Å². The Kier molecular flexibility index (Phi) is 5.46. The number of hydrogen-bond donors (Lipinski definition) is 2. The van der Waals surface area contributed by atoms with E-state index in [4.69, 9.17) is 10.2 Å². The van der Waals surface area contributed by atoms with Crippen LogP contribution in [0.3, 0.4) is 0 Å². The Morgan fingerprint density at radius 3 is 1.92 bits per heavy atom. The second-order valence-electron chi connectivity index (χ2n) is 3.96. The van der Waals surface area contributed by atoms with Gasteiger partial charge in [0.15, 0.2) is 0 Å². The second kappa shape index (κ2) is 5.51. The van der Waals surface area contributed by atoms with Crippen LogP contribution in [-0.4, -0.2) is 47.0 Å². The van der Waals surface area contributed by atoms with E-state index in [-0.39, 0.29) is 18.8 Å². The van der Waals surface area contributed by atoms with Crippen LogP contribution in [0.5, 0.6) is 0 Å². The molecule has 0 saturated carbocycles. The average molecular weight is 175 g/mol. The van der Waals surface area contributed by atoms with Crippen LogP contribution in [0, 0.1) is 0 Å². The minimum atomic E-state index is 0.0813. The van der Waals surface area contributed by atoms with Crippen LogP contribution in [0.2, 0.25) is 0 Å². The zero-order valence-electron chi connectivity index (χ0n) is 8.38. The highest BCUT2D eigenvalue weighted by Gasteiger charge is 2.19. The maximum Gasteiger partial charge on any atom is 0.0558 e. The molecular formula is C9H21NO2. The van der Waals surface area contributed by atoms with Gasteiger partial charge in [0.2, 0.25) is 0 Å². The molecular weight excluding hydrogens is 154 g/mol. The first kappa shape index (κ1) is 11.9. The van der Waals surface area contributed by atoms with Crippen LogP contribution in [0.1, 0.15) is 27.2 Å². The van der Waals surface area contributed by atoms with Crippen molar-refractivity contribution in [2.24, 2.45) is 0 Å². The number of nitrogens with zero attached hydrogens (tertiary/aromatic N) is 1. The van der Waals surface area contributed by atoms with Crippen LogP contribution >= 0.6 is 0 Å². The maximum absolute atomic E-state index is 8.80. The zero-order valence-corrected chi connectivity index (χ0v) is 8.38. The van der Waals surface area contributed by atoms with Crippen molar-refractivity contribution in [2.75, 3.05) is 26.3 Å². The molecule has 3 heteroatoms. The van der Waals surface area contributed by atoms with E-state index in [0.717, 1.165) is 13.0 Å². The van der Waals surface area contributed by atoms with Crippen molar-refractivity contribution in [3.05, 3.63) is 0 Å². The molecule has 0 fully saturated rings. The zero-order chi connectivity index (χ0) is 9.61. The predicted octanol–water partition coefficient (Wildman–Crippen LogP) is 0.462. The van der Waals surface area contributed by atoms with Crippen molar-refractivity contribution in [1.82, 2.24) is 4.90 Å². The minimum Gasteiger partial charge on any atom is -0.396 e. The number of hydrogen-bond acceptors (Lipinski definition) is 3. The molecule has 74 valence electrons. The van der Waals surface area contributed by atoms with Gasteiger partial charge in [-0.2, -0.15) is 0 Å². The van der Waals surface area contributed by atoms with E-state index >= 15 is 0 Å². The van der Waals surface area contributed by atoms with Gasteiger partial charge in [0, 0.05) is 25.2 Å². The Hall–Kier alpha value is -0.120. The fourth-order valence-electron chi connectivity index (χ4n) is 1.16. The van der Waals surface area contributed by atoms with Gasteiger partial charge in [-0.15, -0.1) is 0 Å². The number of rotatable bonds is 5. The smallest absolute Gasteiger partial charge is 0.0558 e. The van der Waals surface area contributed by atoms with Gasteiger partial charge in [-0.1, -0.05) is 0 Å². The molecule has 3 nitrogen and oxygen atoms in total. The number of aliphatic hydroxyl groups excluding tert-OH is 2. The molecule has 0 bridgehead atoms. The van der Waals surface area contributed by atoms with Gasteiger partial charge in [-0.25, -0.2) is 0 Å². The standard InChI is InChI=1S/C9H21NO2/c1-9(2,3)10(6-8-12)5-4-7-11/h11-12H,4-8H2,1-3H3. The summed E-state index contributed by atoms with van der Waals surface area (Å²) < 4.78 is 0. The lowest BCUT2D eigenvalue weighted by Crippen LogP contribution is -2.43. The molecule has 0 aliphatic carbocycles. The molecule has 0 heterocycles. The van der Waals surface area contributed by atoms with Gasteiger partial charge in [0.25, 0.3) is 0 Å². The van der Waals surface area contributed by atoms with Gasteiger partial charge in [-0.3, -0.25) is 4.90 Å². The third-order valence-electron chi connectivity index (χ3n) is 1.90. The van der Waals surface area contributed by atoms with Gasteiger partial charge in [-0.05, 0) is 27.2 Å². The molecule has 12 heavy (non-hydrogen) atoms. The van der Waals surface area contributed by atoms with Gasteiger partial charge in [0.1, 0.15) is 0 Å². The first-order valence-electron chi connectivity index (χ1n) is 4.49. The summed E-state index contributed by atoms with van der Waals surface area (Å²) in [6.07, 6.45) is 0.775. The fraction of sp³-hybridized carbons (Fsp3) is 1.00. The molecule has 0 aromatic heterocycles. The normalized spacial score (nSPS) is 12.5. The summed E-state index contributed by atoms with van der Waals surface area (Å²) in [5, 5.41) is 17.5. The van der Waals surface area contributed by atoms with Crippen molar-refractivity contribution in [2.45, 2.75) is 32.7 Å². The summed E-state index contributed by atoms with van der Waals surface area (Å²) in [5.74, 6) is 0. The molecule has 0 aromatic carbocycles. The summed E-state index contributed by atoms with van der Waals surface area (Å²) >= 11 is 0. The van der Waals surface area contributed by atoms with Crippen molar-refractivity contribution in [1.29, 1.82) is 0 Å². The van der Waals surface area contributed by atoms with E-state index in [9.17, 15) is 0 Å². The first-order valence-corrected chi connectivity index (χ1v) is 4.49. The molecule has 0 amide bonds. The SMILES string of the molecule is CC(C)(C)N(CCO)CCCO. The van der Waals surface area contributed by atoms with E-state index in [1.807, 2.05) is 0 Å². The Labute approximate surface area is 75.0 Å². The maximum atomic E-state index is 8.80. The lowest BCUT2D eigenvalue weighted by atomic mass is 10.1. The van der Waals surface area contributed by atoms with Crippen molar-refractivity contribution >= 4 is 0 Å². The molecule has 2 N–H and O–H groups in total. The Morgan fingerprint density at radius 2 is 1.58 bits per heavy atom. The van der Waals surface area contributed by atoms with Gasteiger partial charge in [0.05, 0.1) is 6.61 Å². The van der Waals surface area contributed by atoms with Crippen molar-refractivity contribution in [3.8, 4) is 0 Å². The van der Waals surface area contributed by atoms with Crippen molar-refractivity contribution in [3.63, 3.8) is 0 Å². The Balaban J connectivity index is 3.86. The topological polar surface area (TPSA) is 43.7 Å². The number of aliphatic hydroxyl groups is 2. The molecule has 0 aliphatic rings. The van der Waals surface area contributed by atoms with E-state index in [1.165, 1.54) is 0 Å². The van der Waals surface area contributed by atoms with Crippen LogP contribution < -0.4 is 0 Å². The lowest BCUT2D eigenvalue weighted by Gasteiger charge is -2.35. The Bertz CT molecular complexity index is 110. The highest BCUT2D eigenvalue weighted by atomic mass is 16.3. The largest absolute Gasteiger partial charge is 0.396 e. The predicted molar refractivity (Wildman–Crippen MR) is 50.1 cm³/mol. The molecule has 0 spiro atoms. The Morgan fingerprint density at radius 1 is 1.00 bits per heavy atom. The summed E-state index contributed by atoms with van der Waals surface area (Å²) in [4.78, 5) is 2.17. The molecule has 0 rings (SSSR count). The van der Waals surface area contributed by atoms with E-state index in [0.29, 0.717) is 6.54 Å². The van der Waals surface area contributed by atoms with Crippen LogP contribution in [-0.2, 0) is 0 Å². The van der Waals surface area contributed by atoms with Gasteiger partial charge < -0.3 is 10.2 Å². The van der Waals surface area contributed by atoms with Crippen LogP contribution in [0.4, 0.5) is 0 Å². The third-order valence-corrected chi connectivity index (χ3v) is 1.90. The molecule has 0 unspecified atom stereocenters. The lowest BCUT2D eigenvalue weighted by molar-refractivity contribution is 0.0973. The van der Waals surface area contributed by atoms with E-state index < -0.39 is 0 Å². The minimum absolute atomic E-state index is 0.0813. The second-order valence-corrected chi connectivity index (χ2v) is 3.96. The summed E-state index contributed by atoms with van der Waals surface area (Å²) in [7, 11) is 0. The molecule has 0 aromatic rings. The molecule has 0 atom stereocenters. The van der Waals surface area contributed by atoms with E-state index in [2.05, 4.69) is 25.7 Å². The number of β-amino-alcohol motifs (C(OH)–C–C–N with tert-alkyl or cyclic N) is 1. The molecule has 0 aliphatic heterocycles. The molecule has 0 radical (unpaired) electrons. The first-order chi connectivity index (χ1) is 5.52.